The van der Waals surface area contributed by atoms with E-state index in [0.717, 1.165) is 5.56 Å². The van der Waals surface area contributed by atoms with E-state index < -0.39 is 20.3 Å². The normalized spacial score (nSPS) is 13.4. The number of hydrogen-bond donors (Lipinski definition) is 1. The molecule has 1 N–H and O–H groups in total. The molecular formula is C10H10ClN3O3S. The van der Waals surface area contributed by atoms with E-state index in [9.17, 15) is 8.42 Å². The molecule has 0 radical (unpaired) electrons. The predicted molar refractivity (Wildman–Crippen MR) is 64.7 cm³/mol. The highest BCUT2D eigenvalue weighted by Gasteiger charge is 2.22. The molecule has 0 aliphatic heterocycles. The van der Waals surface area contributed by atoms with Crippen molar-refractivity contribution in [3.05, 3.63) is 41.7 Å². The Bertz CT molecular complexity index is 627. The molecular weight excluding hydrogens is 278 g/mol. The first-order valence-corrected chi connectivity index (χ1v) is 7.28. The zero-order valence-corrected chi connectivity index (χ0v) is 10.9. The van der Waals surface area contributed by atoms with Crippen LogP contribution in [0.2, 0.25) is 0 Å². The molecule has 8 heteroatoms. The third-order valence-electron chi connectivity index (χ3n) is 2.29. The third kappa shape index (κ3) is 2.69. The summed E-state index contributed by atoms with van der Waals surface area (Å²) in [6, 6.07) is 9.23. The van der Waals surface area contributed by atoms with E-state index >= 15 is 0 Å². The molecule has 1 heterocycles. The summed E-state index contributed by atoms with van der Waals surface area (Å²) >= 11 is 0. The second kappa shape index (κ2) is 5.05. The van der Waals surface area contributed by atoms with Crippen molar-refractivity contribution in [2.24, 2.45) is 0 Å². The van der Waals surface area contributed by atoms with E-state index in [0.29, 0.717) is 0 Å². The van der Waals surface area contributed by atoms with Crippen molar-refractivity contribution in [2.75, 3.05) is 7.11 Å². The summed E-state index contributed by atoms with van der Waals surface area (Å²) in [5.74, 6) is 0.280. The number of hydrogen-bond acceptors (Lipinski definition) is 5. The molecule has 0 aliphatic rings. The molecule has 2 aromatic rings. The summed E-state index contributed by atoms with van der Waals surface area (Å²) in [4.78, 5) is 3.82. The number of nitrogens with zero attached hydrogens (tertiary/aromatic N) is 2. The maximum atomic E-state index is 11.1. The van der Waals surface area contributed by atoms with Crippen molar-refractivity contribution in [1.82, 2.24) is 15.2 Å². The Balaban J connectivity index is 2.38. The van der Waals surface area contributed by atoms with Gasteiger partial charge in [0, 0.05) is 17.8 Å². The van der Waals surface area contributed by atoms with Crippen LogP contribution in [-0.2, 0) is 13.8 Å². The number of H-pyrrole nitrogens is 1. The molecule has 0 aliphatic carbocycles. The molecule has 0 fully saturated rings. The van der Waals surface area contributed by atoms with Crippen molar-refractivity contribution < 1.29 is 13.2 Å². The molecule has 0 amide bonds. The second-order valence-electron chi connectivity index (χ2n) is 3.47. The maximum Gasteiger partial charge on any atom is 0.298 e. The Morgan fingerprint density at radius 2 is 2.00 bits per heavy atom. The average Bonchev–Trinajstić information content (AvgIpc) is 2.81. The first-order valence-electron chi connectivity index (χ1n) is 4.97. The van der Waals surface area contributed by atoms with Crippen LogP contribution in [0.1, 0.15) is 17.5 Å². The number of rotatable bonds is 4. The molecule has 96 valence electrons. The lowest BCUT2D eigenvalue weighted by Crippen LogP contribution is -2.05. The van der Waals surface area contributed by atoms with Crippen LogP contribution in [0.15, 0.2) is 35.5 Å². The minimum atomic E-state index is -3.94. The van der Waals surface area contributed by atoms with Gasteiger partial charge < -0.3 is 4.74 Å². The van der Waals surface area contributed by atoms with E-state index in [1.165, 1.54) is 7.11 Å². The number of aromatic amines is 1. The van der Waals surface area contributed by atoms with Gasteiger partial charge in [0.2, 0.25) is 0 Å². The van der Waals surface area contributed by atoms with Crippen LogP contribution in [0.4, 0.5) is 0 Å². The highest BCUT2D eigenvalue weighted by molar-refractivity contribution is 8.13. The van der Waals surface area contributed by atoms with Gasteiger partial charge in [0.25, 0.3) is 14.2 Å². The van der Waals surface area contributed by atoms with E-state index in [4.69, 9.17) is 15.4 Å². The number of halogens is 1. The Morgan fingerprint density at radius 1 is 1.33 bits per heavy atom. The van der Waals surface area contributed by atoms with E-state index in [2.05, 4.69) is 15.2 Å². The van der Waals surface area contributed by atoms with E-state index in [-0.39, 0.29) is 5.82 Å². The highest BCUT2D eigenvalue weighted by Crippen LogP contribution is 2.23. The van der Waals surface area contributed by atoms with Crippen molar-refractivity contribution in [3.63, 3.8) is 0 Å². The number of aromatic nitrogens is 3. The summed E-state index contributed by atoms with van der Waals surface area (Å²) in [6.45, 7) is 0. The fourth-order valence-electron chi connectivity index (χ4n) is 1.52. The molecule has 6 nitrogen and oxygen atoms in total. The number of methoxy groups -OCH3 is 1. The molecule has 0 saturated carbocycles. The Kier molecular flexibility index (Phi) is 3.65. The predicted octanol–water partition coefficient (Wildman–Crippen LogP) is 1.47. The topological polar surface area (TPSA) is 84.9 Å². The van der Waals surface area contributed by atoms with Gasteiger partial charge in [-0.2, -0.15) is 4.98 Å². The quantitative estimate of drug-likeness (QED) is 0.861. The van der Waals surface area contributed by atoms with Crippen molar-refractivity contribution in [2.45, 2.75) is 11.3 Å². The molecule has 2 rings (SSSR count). The number of benzene rings is 1. The lowest BCUT2D eigenvalue weighted by molar-refractivity contribution is 0.129. The van der Waals surface area contributed by atoms with Gasteiger partial charge >= 0.3 is 0 Å². The molecule has 1 unspecified atom stereocenters. The SMILES string of the molecule is COC(c1ccccc1)c1nc(S(=O)(=O)Cl)n[nH]1. The smallest absolute Gasteiger partial charge is 0.298 e. The lowest BCUT2D eigenvalue weighted by atomic mass is 10.1. The summed E-state index contributed by atoms with van der Waals surface area (Å²) in [5, 5.41) is 5.60. The van der Waals surface area contributed by atoms with Gasteiger partial charge in [-0.05, 0) is 5.56 Å². The second-order valence-corrected chi connectivity index (χ2v) is 5.93. The molecule has 1 atom stereocenters. The summed E-state index contributed by atoms with van der Waals surface area (Å²) in [7, 11) is 2.70. The van der Waals surface area contributed by atoms with Gasteiger partial charge in [0.1, 0.15) is 6.10 Å². The maximum absolute atomic E-state index is 11.1. The fourth-order valence-corrected chi connectivity index (χ4v) is 2.09. The monoisotopic (exact) mass is 287 g/mol. The third-order valence-corrected chi connectivity index (χ3v) is 3.32. The molecule has 0 spiro atoms. The first-order chi connectivity index (χ1) is 8.52. The van der Waals surface area contributed by atoms with Gasteiger partial charge in [0.15, 0.2) is 5.82 Å². The molecule has 0 bridgehead atoms. The average molecular weight is 288 g/mol. The van der Waals surface area contributed by atoms with Crippen LogP contribution < -0.4 is 0 Å². The molecule has 1 aromatic heterocycles. The fraction of sp³-hybridized carbons (Fsp3) is 0.200. The number of ether oxygens (including phenoxy) is 1. The molecule has 1 aromatic carbocycles. The van der Waals surface area contributed by atoms with E-state index in [1.807, 2.05) is 30.3 Å². The van der Waals surface area contributed by atoms with Gasteiger partial charge in [-0.1, -0.05) is 30.3 Å². The van der Waals surface area contributed by atoms with E-state index in [1.54, 1.807) is 0 Å². The zero-order chi connectivity index (χ0) is 13.2. The van der Waals surface area contributed by atoms with Crippen molar-refractivity contribution in [3.8, 4) is 0 Å². The Hall–Kier alpha value is -1.44. The zero-order valence-electron chi connectivity index (χ0n) is 9.37. The largest absolute Gasteiger partial charge is 0.369 e. The molecule has 18 heavy (non-hydrogen) atoms. The van der Waals surface area contributed by atoms with Crippen LogP contribution in [0.5, 0.6) is 0 Å². The molecule has 0 saturated heterocycles. The Labute approximate surface area is 108 Å². The van der Waals surface area contributed by atoms with Crippen LogP contribution in [0.25, 0.3) is 0 Å². The lowest BCUT2D eigenvalue weighted by Gasteiger charge is -2.11. The van der Waals surface area contributed by atoms with Gasteiger partial charge in [-0.25, -0.2) is 8.42 Å². The number of nitrogens with one attached hydrogen (secondary N) is 1. The highest BCUT2D eigenvalue weighted by atomic mass is 35.7. The van der Waals surface area contributed by atoms with Crippen LogP contribution in [0, 0.1) is 0 Å². The van der Waals surface area contributed by atoms with Gasteiger partial charge in [-0.15, -0.1) is 5.10 Å². The van der Waals surface area contributed by atoms with Crippen molar-refractivity contribution in [1.29, 1.82) is 0 Å². The van der Waals surface area contributed by atoms with Gasteiger partial charge in [-0.3, -0.25) is 5.10 Å². The van der Waals surface area contributed by atoms with Crippen LogP contribution in [0.3, 0.4) is 0 Å². The summed E-state index contributed by atoms with van der Waals surface area (Å²) < 4.78 is 27.4. The van der Waals surface area contributed by atoms with Gasteiger partial charge in [0.05, 0.1) is 0 Å². The van der Waals surface area contributed by atoms with Crippen LogP contribution >= 0.6 is 10.7 Å². The standard InChI is InChI=1S/C10H10ClN3O3S/c1-17-8(7-5-3-2-4-6-7)9-12-10(14-13-9)18(11,15)16/h2-6,8H,1H3,(H,12,13,14). The minimum Gasteiger partial charge on any atom is -0.369 e. The summed E-state index contributed by atoms with van der Waals surface area (Å²) in [6.07, 6.45) is -0.522. The minimum absolute atomic E-state index is 0.280. The Morgan fingerprint density at radius 3 is 2.50 bits per heavy atom. The van der Waals surface area contributed by atoms with Crippen molar-refractivity contribution >= 4 is 19.7 Å². The summed E-state index contributed by atoms with van der Waals surface area (Å²) in [5.41, 5.74) is 0.828. The first kappa shape index (κ1) is 13.0. The van der Waals surface area contributed by atoms with Crippen LogP contribution in [-0.4, -0.2) is 30.7 Å².